The Morgan fingerprint density at radius 3 is 2.58 bits per heavy atom. The standard InChI is InChI=1S/C21H24N2O3/c1-3-13-26-20-10-7-17(8-11-20)9-12-21(25)22-15-18-5-4-6-19(14-18)23-16(2)24/h4-12,14H,3,13,15H2,1-2H3,(H,22,25)(H,23,24)/b12-9+. The molecule has 0 unspecified atom stereocenters. The zero-order valence-corrected chi connectivity index (χ0v) is 15.1. The highest BCUT2D eigenvalue weighted by atomic mass is 16.5. The van der Waals surface area contributed by atoms with Crippen LogP contribution in [0.2, 0.25) is 0 Å². The fraction of sp³-hybridized carbons (Fsp3) is 0.238. The molecule has 0 spiro atoms. The average Bonchev–Trinajstić information content (AvgIpc) is 2.63. The smallest absolute Gasteiger partial charge is 0.244 e. The van der Waals surface area contributed by atoms with Crippen LogP contribution in [0.1, 0.15) is 31.4 Å². The van der Waals surface area contributed by atoms with Crippen molar-refractivity contribution in [3.05, 3.63) is 65.7 Å². The highest BCUT2D eigenvalue weighted by molar-refractivity contribution is 5.91. The van der Waals surface area contributed by atoms with E-state index in [-0.39, 0.29) is 11.8 Å². The summed E-state index contributed by atoms with van der Waals surface area (Å²) in [6, 6.07) is 15.0. The summed E-state index contributed by atoms with van der Waals surface area (Å²) in [7, 11) is 0. The Morgan fingerprint density at radius 1 is 1.12 bits per heavy atom. The molecule has 0 aromatic heterocycles. The van der Waals surface area contributed by atoms with E-state index in [1.54, 1.807) is 12.1 Å². The topological polar surface area (TPSA) is 67.4 Å². The molecule has 0 fully saturated rings. The van der Waals surface area contributed by atoms with Crippen molar-refractivity contribution in [2.45, 2.75) is 26.8 Å². The van der Waals surface area contributed by atoms with Crippen molar-refractivity contribution >= 4 is 23.6 Å². The molecule has 2 rings (SSSR count). The molecule has 0 radical (unpaired) electrons. The molecular weight excluding hydrogens is 328 g/mol. The summed E-state index contributed by atoms with van der Waals surface area (Å²) >= 11 is 0. The van der Waals surface area contributed by atoms with Gasteiger partial charge in [0.1, 0.15) is 5.75 Å². The largest absolute Gasteiger partial charge is 0.494 e. The fourth-order valence-corrected chi connectivity index (χ4v) is 2.28. The minimum absolute atomic E-state index is 0.125. The quantitative estimate of drug-likeness (QED) is 0.711. The summed E-state index contributed by atoms with van der Waals surface area (Å²) in [5, 5.41) is 5.55. The van der Waals surface area contributed by atoms with Gasteiger partial charge < -0.3 is 15.4 Å². The number of hydrogen-bond acceptors (Lipinski definition) is 3. The van der Waals surface area contributed by atoms with Crippen molar-refractivity contribution in [2.24, 2.45) is 0 Å². The first-order valence-corrected chi connectivity index (χ1v) is 8.62. The molecule has 26 heavy (non-hydrogen) atoms. The summed E-state index contributed by atoms with van der Waals surface area (Å²) in [6.45, 7) is 4.61. The van der Waals surface area contributed by atoms with Gasteiger partial charge in [0.2, 0.25) is 11.8 Å². The second-order valence-electron chi connectivity index (χ2n) is 5.85. The van der Waals surface area contributed by atoms with E-state index in [9.17, 15) is 9.59 Å². The van der Waals surface area contributed by atoms with E-state index in [0.717, 1.165) is 23.3 Å². The van der Waals surface area contributed by atoms with E-state index in [4.69, 9.17) is 4.74 Å². The van der Waals surface area contributed by atoms with Crippen LogP contribution < -0.4 is 15.4 Å². The van der Waals surface area contributed by atoms with Gasteiger partial charge in [-0.15, -0.1) is 0 Å². The van der Waals surface area contributed by atoms with Gasteiger partial charge >= 0.3 is 0 Å². The molecule has 2 aromatic rings. The summed E-state index contributed by atoms with van der Waals surface area (Å²) in [5.41, 5.74) is 2.55. The van der Waals surface area contributed by atoms with E-state index in [0.29, 0.717) is 18.8 Å². The molecule has 2 aromatic carbocycles. The molecule has 136 valence electrons. The van der Waals surface area contributed by atoms with Crippen molar-refractivity contribution in [3.63, 3.8) is 0 Å². The number of ether oxygens (including phenoxy) is 1. The van der Waals surface area contributed by atoms with Gasteiger partial charge in [0, 0.05) is 25.2 Å². The third-order valence-electron chi connectivity index (χ3n) is 3.49. The number of benzene rings is 2. The summed E-state index contributed by atoms with van der Waals surface area (Å²) in [5.74, 6) is 0.522. The first-order chi connectivity index (χ1) is 12.6. The number of amides is 2. The highest BCUT2D eigenvalue weighted by Gasteiger charge is 2.00. The molecule has 5 nitrogen and oxygen atoms in total. The first kappa shape index (κ1) is 19.2. The zero-order chi connectivity index (χ0) is 18.8. The Kier molecular flexibility index (Phi) is 7.43. The van der Waals surface area contributed by atoms with Crippen LogP contribution in [-0.2, 0) is 16.1 Å². The molecule has 5 heteroatoms. The molecule has 0 atom stereocenters. The van der Waals surface area contributed by atoms with Crippen molar-refractivity contribution in [3.8, 4) is 5.75 Å². The molecular formula is C21H24N2O3. The van der Waals surface area contributed by atoms with Crippen molar-refractivity contribution in [2.75, 3.05) is 11.9 Å². The van der Waals surface area contributed by atoms with Crippen LogP contribution in [0.15, 0.2) is 54.6 Å². The lowest BCUT2D eigenvalue weighted by Gasteiger charge is -2.06. The van der Waals surface area contributed by atoms with Crippen LogP contribution in [0.25, 0.3) is 6.08 Å². The van der Waals surface area contributed by atoms with E-state index >= 15 is 0 Å². The molecule has 0 aliphatic heterocycles. The normalized spacial score (nSPS) is 10.5. The van der Waals surface area contributed by atoms with Gasteiger partial charge in [0.15, 0.2) is 0 Å². The predicted octanol–water partition coefficient (Wildman–Crippen LogP) is 3.76. The van der Waals surface area contributed by atoms with Gasteiger partial charge in [-0.05, 0) is 47.9 Å². The van der Waals surface area contributed by atoms with Crippen LogP contribution in [0.3, 0.4) is 0 Å². The van der Waals surface area contributed by atoms with E-state index in [1.807, 2.05) is 42.5 Å². The predicted molar refractivity (Wildman–Crippen MR) is 104 cm³/mol. The van der Waals surface area contributed by atoms with Crippen LogP contribution in [0.4, 0.5) is 5.69 Å². The Bertz CT molecular complexity index is 767. The number of nitrogens with one attached hydrogen (secondary N) is 2. The highest BCUT2D eigenvalue weighted by Crippen LogP contribution is 2.13. The van der Waals surface area contributed by atoms with Crippen molar-refractivity contribution in [1.29, 1.82) is 0 Å². The molecule has 0 aliphatic carbocycles. The Labute approximate surface area is 154 Å². The van der Waals surface area contributed by atoms with Gasteiger partial charge in [0.25, 0.3) is 0 Å². The second kappa shape index (κ2) is 10.0. The fourth-order valence-electron chi connectivity index (χ4n) is 2.28. The number of carbonyl (C=O) groups is 2. The van der Waals surface area contributed by atoms with Crippen LogP contribution >= 0.6 is 0 Å². The second-order valence-corrected chi connectivity index (χ2v) is 5.85. The molecule has 2 N–H and O–H groups in total. The molecule has 0 heterocycles. The number of anilines is 1. The van der Waals surface area contributed by atoms with Gasteiger partial charge in [-0.1, -0.05) is 31.2 Å². The summed E-state index contributed by atoms with van der Waals surface area (Å²) < 4.78 is 5.53. The van der Waals surface area contributed by atoms with Gasteiger partial charge in [-0.25, -0.2) is 0 Å². The summed E-state index contributed by atoms with van der Waals surface area (Å²) in [4.78, 5) is 23.1. The van der Waals surface area contributed by atoms with E-state index in [1.165, 1.54) is 13.0 Å². The van der Waals surface area contributed by atoms with Crippen molar-refractivity contribution < 1.29 is 14.3 Å². The Morgan fingerprint density at radius 2 is 1.88 bits per heavy atom. The summed E-state index contributed by atoms with van der Waals surface area (Å²) in [6.07, 6.45) is 4.22. The third kappa shape index (κ3) is 6.81. The maximum absolute atomic E-state index is 12.0. The number of rotatable bonds is 8. The lowest BCUT2D eigenvalue weighted by atomic mass is 10.2. The van der Waals surface area contributed by atoms with Gasteiger partial charge in [-0.3, -0.25) is 9.59 Å². The number of carbonyl (C=O) groups excluding carboxylic acids is 2. The Hall–Kier alpha value is -3.08. The monoisotopic (exact) mass is 352 g/mol. The minimum atomic E-state index is -0.179. The minimum Gasteiger partial charge on any atom is -0.494 e. The first-order valence-electron chi connectivity index (χ1n) is 8.62. The third-order valence-corrected chi connectivity index (χ3v) is 3.49. The molecule has 2 amide bonds. The maximum Gasteiger partial charge on any atom is 0.244 e. The van der Waals surface area contributed by atoms with E-state index < -0.39 is 0 Å². The van der Waals surface area contributed by atoms with Crippen LogP contribution in [-0.4, -0.2) is 18.4 Å². The van der Waals surface area contributed by atoms with Crippen LogP contribution in [0.5, 0.6) is 5.75 Å². The van der Waals surface area contributed by atoms with E-state index in [2.05, 4.69) is 17.6 Å². The SMILES string of the molecule is CCCOc1ccc(/C=C/C(=O)NCc2cccc(NC(C)=O)c2)cc1. The van der Waals surface area contributed by atoms with Gasteiger partial charge in [-0.2, -0.15) is 0 Å². The maximum atomic E-state index is 12.0. The van der Waals surface area contributed by atoms with Crippen LogP contribution in [0, 0.1) is 0 Å². The molecule has 0 aliphatic rings. The zero-order valence-electron chi connectivity index (χ0n) is 15.1. The lowest BCUT2D eigenvalue weighted by Crippen LogP contribution is -2.20. The molecule has 0 saturated carbocycles. The van der Waals surface area contributed by atoms with Gasteiger partial charge in [0.05, 0.1) is 6.61 Å². The lowest BCUT2D eigenvalue weighted by molar-refractivity contribution is -0.116. The Balaban J connectivity index is 1.84. The number of hydrogen-bond donors (Lipinski definition) is 2. The average molecular weight is 352 g/mol. The van der Waals surface area contributed by atoms with Crippen molar-refractivity contribution in [1.82, 2.24) is 5.32 Å². The molecule has 0 saturated heterocycles. The molecule has 0 bridgehead atoms.